The van der Waals surface area contributed by atoms with Crippen LogP contribution in [0.25, 0.3) is 10.2 Å². The van der Waals surface area contributed by atoms with Crippen molar-refractivity contribution >= 4 is 27.2 Å². The molecule has 1 aliphatic rings. The molecule has 0 fully saturated rings. The molecule has 1 aromatic carbocycles. The zero-order valence-electron chi connectivity index (χ0n) is 8.73. The molecule has 0 bridgehead atoms. The lowest BCUT2D eigenvalue weighted by atomic mass is 10.2. The van der Waals surface area contributed by atoms with Crippen LogP contribution in [0, 0.1) is 11.3 Å². The predicted molar refractivity (Wildman–Crippen MR) is 63.1 cm³/mol. The summed E-state index contributed by atoms with van der Waals surface area (Å²) < 4.78 is 6.62. The molecule has 0 saturated heterocycles. The summed E-state index contributed by atoms with van der Waals surface area (Å²) in [5.41, 5.74) is 1.92. The molecule has 3 rings (SSSR count). The third-order valence-electron chi connectivity index (χ3n) is 2.66. The Morgan fingerprint density at radius 3 is 3.25 bits per heavy atom. The molecule has 1 aromatic heterocycles. The minimum absolute atomic E-state index is 0.500. The molecular weight excluding hydrogens is 222 g/mol. The summed E-state index contributed by atoms with van der Waals surface area (Å²) in [6.07, 6.45) is 0. The minimum atomic E-state index is 0.500. The Morgan fingerprint density at radius 1 is 1.56 bits per heavy atom. The first kappa shape index (κ1) is 9.43. The van der Waals surface area contributed by atoms with Crippen LogP contribution in [0.2, 0.25) is 0 Å². The highest BCUT2D eigenvalue weighted by atomic mass is 32.1. The number of ether oxygens (including phenoxy) is 1. The molecule has 0 aliphatic carbocycles. The zero-order valence-corrected chi connectivity index (χ0v) is 9.54. The fourth-order valence-corrected chi connectivity index (χ4v) is 2.60. The van der Waals surface area contributed by atoms with E-state index in [1.54, 1.807) is 0 Å². The van der Waals surface area contributed by atoms with Crippen LogP contribution in [0.1, 0.15) is 5.01 Å². The van der Waals surface area contributed by atoms with Gasteiger partial charge in [0.15, 0.2) is 5.01 Å². The molecule has 16 heavy (non-hydrogen) atoms. The van der Waals surface area contributed by atoms with Crippen molar-refractivity contribution in [3.63, 3.8) is 0 Å². The summed E-state index contributed by atoms with van der Waals surface area (Å²) in [5.74, 6) is 0.857. The van der Waals surface area contributed by atoms with Gasteiger partial charge in [0.1, 0.15) is 18.4 Å². The fourth-order valence-electron chi connectivity index (χ4n) is 1.82. The smallest absolute Gasteiger partial charge is 0.195 e. The number of rotatable bonds is 0. The van der Waals surface area contributed by atoms with Crippen molar-refractivity contribution in [1.82, 2.24) is 4.98 Å². The van der Waals surface area contributed by atoms with E-state index in [9.17, 15) is 0 Å². The largest absolute Gasteiger partial charge is 0.489 e. The Hall–Kier alpha value is -1.80. The summed E-state index contributed by atoms with van der Waals surface area (Å²) >= 11 is 1.42. The maximum atomic E-state index is 8.81. The Labute approximate surface area is 96.7 Å². The molecule has 0 atom stereocenters. The summed E-state index contributed by atoms with van der Waals surface area (Å²) in [4.78, 5) is 6.38. The second-order valence-electron chi connectivity index (χ2n) is 3.69. The standard InChI is InChI=1S/C11H9N3OS/c1-14-2-3-15-9-4-7-10(5-8(9)14)16-11(6-12)13-7/h4-5H,2-3H2,1H3. The van der Waals surface area contributed by atoms with Gasteiger partial charge in [0, 0.05) is 13.1 Å². The monoisotopic (exact) mass is 231 g/mol. The van der Waals surface area contributed by atoms with Gasteiger partial charge in [-0.15, -0.1) is 11.3 Å². The lowest BCUT2D eigenvalue weighted by molar-refractivity contribution is 0.312. The second kappa shape index (κ2) is 3.35. The van der Waals surface area contributed by atoms with Crippen molar-refractivity contribution in [1.29, 1.82) is 5.26 Å². The highest BCUT2D eigenvalue weighted by Gasteiger charge is 2.17. The third-order valence-corrected chi connectivity index (χ3v) is 3.58. The fraction of sp³-hybridized carbons (Fsp3) is 0.273. The van der Waals surface area contributed by atoms with Gasteiger partial charge in [0.25, 0.3) is 0 Å². The first-order valence-corrected chi connectivity index (χ1v) is 5.78. The number of hydrogen-bond acceptors (Lipinski definition) is 5. The Bertz CT molecular complexity index is 599. The summed E-state index contributed by atoms with van der Waals surface area (Å²) in [7, 11) is 2.04. The molecule has 0 saturated carbocycles. The number of fused-ring (bicyclic) bond motifs is 2. The number of likely N-dealkylation sites (N-methyl/N-ethyl adjacent to an activating group) is 1. The van der Waals surface area contributed by atoms with Gasteiger partial charge in [-0.25, -0.2) is 4.98 Å². The van der Waals surface area contributed by atoms with E-state index < -0.39 is 0 Å². The lowest BCUT2D eigenvalue weighted by Gasteiger charge is -2.27. The van der Waals surface area contributed by atoms with E-state index in [0.717, 1.165) is 28.2 Å². The highest BCUT2D eigenvalue weighted by molar-refractivity contribution is 7.19. The van der Waals surface area contributed by atoms with Gasteiger partial charge in [-0.1, -0.05) is 0 Å². The van der Waals surface area contributed by atoms with Gasteiger partial charge < -0.3 is 9.64 Å². The van der Waals surface area contributed by atoms with Gasteiger partial charge >= 0.3 is 0 Å². The van der Waals surface area contributed by atoms with Crippen LogP contribution in [0.3, 0.4) is 0 Å². The number of aromatic nitrogens is 1. The molecule has 80 valence electrons. The van der Waals surface area contributed by atoms with E-state index in [4.69, 9.17) is 10.00 Å². The van der Waals surface area contributed by atoms with E-state index >= 15 is 0 Å². The number of hydrogen-bond donors (Lipinski definition) is 0. The van der Waals surface area contributed by atoms with Crippen LogP contribution in [0.4, 0.5) is 5.69 Å². The third kappa shape index (κ3) is 1.31. The normalized spacial score (nSPS) is 14.4. The van der Waals surface area contributed by atoms with E-state index in [0.29, 0.717) is 11.6 Å². The van der Waals surface area contributed by atoms with Crippen molar-refractivity contribution in [2.45, 2.75) is 0 Å². The Morgan fingerprint density at radius 2 is 2.44 bits per heavy atom. The van der Waals surface area contributed by atoms with Gasteiger partial charge in [0.2, 0.25) is 0 Å². The highest BCUT2D eigenvalue weighted by Crippen LogP contribution is 2.36. The minimum Gasteiger partial charge on any atom is -0.489 e. The van der Waals surface area contributed by atoms with Gasteiger partial charge in [-0.3, -0.25) is 0 Å². The van der Waals surface area contributed by atoms with Crippen LogP contribution in [0.5, 0.6) is 5.75 Å². The summed E-state index contributed by atoms with van der Waals surface area (Å²) in [6, 6.07) is 6.03. The van der Waals surface area contributed by atoms with Crippen molar-refractivity contribution < 1.29 is 4.74 Å². The van der Waals surface area contributed by atoms with E-state index in [2.05, 4.69) is 16.0 Å². The quantitative estimate of drug-likeness (QED) is 0.695. The average Bonchev–Trinajstić information content (AvgIpc) is 2.69. The second-order valence-corrected chi connectivity index (χ2v) is 4.72. The van der Waals surface area contributed by atoms with E-state index in [-0.39, 0.29) is 0 Å². The Kier molecular flexibility index (Phi) is 1.98. The van der Waals surface area contributed by atoms with Crippen LogP contribution >= 0.6 is 11.3 Å². The molecule has 2 aromatic rings. The van der Waals surface area contributed by atoms with Crippen molar-refractivity contribution in [2.24, 2.45) is 0 Å². The average molecular weight is 231 g/mol. The van der Waals surface area contributed by atoms with Crippen molar-refractivity contribution in [2.75, 3.05) is 25.1 Å². The predicted octanol–water partition coefficient (Wildman–Crippen LogP) is 2.00. The van der Waals surface area contributed by atoms with Gasteiger partial charge in [0.05, 0.1) is 22.4 Å². The first-order chi connectivity index (χ1) is 7.78. The molecule has 1 aliphatic heterocycles. The van der Waals surface area contributed by atoms with Crippen LogP contribution in [-0.2, 0) is 0 Å². The first-order valence-electron chi connectivity index (χ1n) is 4.96. The molecule has 0 radical (unpaired) electrons. The summed E-state index contributed by atoms with van der Waals surface area (Å²) in [5, 5.41) is 9.31. The van der Waals surface area contributed by atoms with E-state index in [1.165, 1.54) is 11.3 Å². The SMILES string of the molecule is CN1CCOc2cc3nc(C#N)sc3cc21. The molecule has 0 spiro atoms. The van der Waals surface area contributed by atoms with Crippen LogP contribution < -0.4 is 9.64 Å². The van der Waals surface area contributed by atoms with Crippen molar-refractivity contribution in [3.8, 4) is 11.8 Å². The number of benzene rings is 1. The van der Waals surface area contributed by atoms with E-state index in [1.807, 2.05) is 19.2 Å². The molecule has 0 N–H and O–H groups in total. The zero-order chi connectivity index (χ0) is 11.1. The van der Waals surface area contributed by atoms with Crippen LogP contribution in [-0.4, -0.2) is 25.2 Å². The molecule has 0 unspecified atom stereocenters. The lowest BCUT2D eigenvalue weighted by Crippen LogP contribution is -2.28. The number of anilines is 1. The van der Waals surface area contributed by atoms with Gasteiger partial charge in [-0.2, -0.15) is 5.26 Å². The Balaban J connectivity index is 2.25. The molecule has 4 nitrogen and oxygen atoms in total. The number of nitrogens with zero attached hydrogens (tertiary/aromatic N) is 3. The number of nitriles is 1. The number of thiazole rings is 1. The van der Waals surface area contributed by atoms with Crippen molar-refractivity contribution in [3.05, 3.63) is 17.1 Å². The molecule has 5 heteroatoms. The molecule has 2 heterocycles. The summed E-state index contributed by atoms with van der Waals surface area (Å²) in [6.45, 7) is 1.59. The maximum Gasteiger partial charge on any atom is 0.195 e. The van der Waals surface area contributed by atoms with Gasteiger partial charge in [-0.05, 0) is 6.07 Å². The molecule has 0 amide bonds. The maximum absolute atomic E-state index is 8.81. The molecular formula is C11H9N3OS. The topological polar surface area (TPSA) is 49.1 Å². The van der Waals surface area contributed by atoms with Crippen LogP contribution in [0.15, 0.2) is 12.1 Å².